The SMILES string of the molecule is O=CCCCC(=O)O[I+3]([O-])([O-])[O-]. The number of hydrogen-bond donors (Lipinski definition) is 0. The van der Waals surface area contributed by atoms with E-state index in [4.69, 9.17) is 0 Å². The fourth-order valence-corrected chi connectivity index (χ4v) is 1.30. The maximum Gasteiger partial charge on any atom is 0.444 e. The van der Waals surface area contributed by atoms with Gasteiger partial charge in [-0.3, -0.25) is 0 Å². The van der Waals surface area contributed by atoms with Crippen LogP contribution in [0.5, 0.6) is 0 Å². The number of carbonyl (C=O) groups excluding carboxylic acids is 2. The lowest BCUT2D eigenvalue weighted by Gasteiger charge is -2.03. The third kappa shape index (κ3) is 7.85. The Bertz CT molecular complexity index is 162. The molecule has 0 saturated carbocycles. The van der Waals surface area contributed by atoms with Crippen LogP contribution in [0, 0.1) is 0 Å². The summed E-state index contributed by atoms with van der Waals surface area (Å²) >= 11 is -5.85. The first-order valence-corrected chi connectivity index (χ1v) is 6.55. The van der Waals surface area contributed by atoms with E-state index < -0.39 is 26.1 Å². The molecule has 70 valence electrons. The van der Waals surface area contributed by atoms with E-state index in [1.165, 1.54) is 0 Å². The van der Waals surface area contributed by atoms with Crippen LogP contribution in [0.3, 0.4) is 0 Å². The first-order valence-electron chi connectivity index (χ1n) is 3.02. The molecule has 0 aliphatic carbocycles. The molecule has 6 nitrogen and oxygen atoms in total. The molecular weight excluding hydrogens is 283 g/mol. The largest absolute Gasteiger partial charge is 0.444 e. The molecule has 0 aliphatic heterocycles. The van der Waals surface area contributed by atoms with Crippen molar-refractivity contribution in [3.8, 4) is 0 Å². The molecule has 0 aliphatic rings. The van der Waals surface area contributed by atoms with Gasteiger partial charge in [-0.2, -0.15) is 0 Å². The molecule has 0 aromatic carbocycles. The molecule has 0 amide bonds. The van der Waals surface area contributed by atoms with Gasteiger partial charge in [0.1, 0.15) is 6.29 Å². The topological polar surface area (TPSA) is 113 Å². The average Bonchev–Trinajstić information content (AvgIpc) is 1.84. The minimum Gasteiger partial charge on any atom is -0.303 e. The normalized spacial score (nSPS) is 10.9. The van der Waals surface area contributed by atoms with Gasteiger partial charge in [-0.1, -0.05) is 3.07 Å². The molecule has 0 bridgehead atoms. The second kappa shape index (κ2) is 5.41. The Morgan fingerprint density at radius 2 is 2.00 bits per heavy atom. The minimum atomic E-state index is -5.85. The lowest BCUT2D eigenvalue weighted by atomic mass is 10.2. The zero-order valence-electron chi connectivity index (χ0n) is 6.03. The fourth-order valence-electron chi connectivity index (χ4n) is 0.474. The number of hydrogen-bond acceptors (Lipinski definition) is 6. The Balaban J connectivity index is 3.53. The van der Waals surface area contributed by atoms with Gasteiger partial charge in [0, 0.05) is 6.42 Å². The molecule has 0 saturated heterocycles. The van der Waals surface area contributed by atoms with Crippen molar-refractivity contribution in [2.75, 3.05) is 0 Å². The van der Waals surface area contributed by atoms with E-state index in [9.17, 15) is 19.9 Å². The first kappa shape index (κ1) is 11.8. The minimum absolute atomic E-state index is 0.144. The van der Waals surface area contributed by atoms with Gasteiger partial charge in [0.2, 0.25) is 0 Å². The average molecular weight is 290 g/mol. The van der Waals surface area contributed by atoms with Gasteiger partial charge >= 0.3 is 26.1 Å². The van der Waals surface area contributed by atoms with E-state index >= 15 is 0 Å². The van der Waals surface area contributed by atoms with E-state index in [0.29, 0.717) is 6.29 Å². The summed E-state index contributed by atoms with van der Waals surface area (Å²) in [6.07, 6.45) is 0.702. The highest BCUT2D eigenvalue weighted by molar-refractivity contribution is 5.68. The summed E-state index contributed by atoms with van der Waals surface area (Å²) < 4.78 is 33.3. The highest BCUT2D eigenvalue weighted by Crippen LogP contribution is 1.91. The predicted molar refractivity (Wildman–Crippen MR) is 26.0 cm³/mol. The molecule has 0 unspecified atom stereocenters. The van der Waals surface area contributed by atoms with E-state index in [1.807, 2.05) is 0 Å². The van der Waals surface area contributed by atoms with E-state index in [1.54, 1.807) is 0 Å². The summed E-state index contributed by atoms with van der Waals surface area (Å²) in [5, 5.41) is 0. The summed E-state index contributed by atoms with van der Waals surface area (Å²) in [4.78, 5) is 20.2. The number of aldehydes is 1. The Hall–Kier alpha value is -0.250. The molecule has 12 heavy (non-hydrogen) atoms. The van der Waals surface area contributed by atoms with Crippen molar-refractivity contribution in [2.24, 2.45) is 0 Å². The van der Waals surface area contributed by atoms with Gasteiger partial charge in [-0.15, -0.1) is 0 Å². The van der Waals surface area contributed by atoms with Crippen molar-refractivity contribution in [3.05, 3.63) is 0 Å². The summed E-state index contributed by atoms with van der Waals surface area (Å²) in [6.45, 7) is 0. The predicted octanol–water partition coefficient (Wildman–Crippen LogP) is -6.20. The van der Waals surface area contributed by atoms with Gasteiger partial charge in [-0.25, -0.2) is 15.1 Å². The third-order valence-electron chi connectivity index (χ3n) is 0.883. The van der Waals surface area contributed by atoms with Crippen LogP contribution in [0.4, 0.5) is 0 Å². The Morgan fingerprint density at radius 1 is 1.42 bits per heavy atom. The van der Waals surface area contributed by atoms with Crippen LogP contribution in [0.25, 0.3) is 0 Å². The number of rotatable bonds is 5. The molecule has 7 heteroatoms. The van der Waals surface area contributed by atoms with Gasteiger partial charge in [0.15, 0.2) is 0 Å². The van der Waals surface area contributed by atoms with Crippen molar-refractivity contribution in [1.29, 1.82) is 0 Å². The van der Waals surface area contributed by atoms with Gasteiger partial charge in [0.05, 0.1) is 6.42 Å². The molecular formula is C5H7IO6. The quantitative estimate of drug-likeness (QED) is 0.283. The van der Waals surface area contributed by atoms with Crippen molar-refractivity contribution in [3.63, 3.8) is 0 Å². The number of unbranched alkanes of at least 4 members (excludes halogenated alkanes) is 1. The van der Waals surface area contributed by atoms with Crippen molar-refractivity contribution in [1.82, 2.24) is 0 Å². The Kier molecular flexibility index (Phi) is 5.29. The van der Waals surface area contributed by atoms with Crippen LogP contribution >= 0.6 is 0 Å². The lowest BCUT2D eigenvalue weighted by molar-refractivity contribution is -1.92. The van der Waals surface area contributed by atoms with E-state index in [-0.39, 0.29) is 19.3 Å². The highest BCUT2D eigenvalue weighted by Gasteiger charge is 2.31. The van der Waals surface area contributed by atoms with Gasteiger partial charge < -0.3 is 4.79 Å². The number of halogens is 1. The van der Waals surface area contributed by atoms with Crippen molar-refractivity contribution < 1.29 is 43.1 Å². The van der Waals surface area contributed by atoms with Crippen LogP contribution in [0.15, 0.2) is 0 Å². The second-order valence-electron chi connectivity index (χ2n) is 1.89. The summed E-state index contributed by atoms with van der Waals surface area (Å²) in [7, 11) is 0. The summed E-state index contributed by atoms with van der Waals surface area (Å²) in [5.41, 5.74) is 0. The second-order valence-corrected chi connectivity index (χ2v) is 4.48. The molecule has 0 heterocycles. The number of carbonyl (C=O) groups is 2. The van der Waals surface area contributed by atoms with E-state index in [2.05, 4.69) is 3.07 Å². The molecule has 0 rings (SSSR count). The molecule has 0 spiro atoms. The van der Waals surface area contributed by atoms with Crippen LogP contribution in [-0.4, -0.2) is 12.3 Å². The molecule has 0 atom stereocenters. The molecule has 0 aromatic rings. The molecule has 0 radical (unpaired) electrons. The third-order valence-corrected chi connectivity index (χ3v) is 1.91. The van der Waals surface area contributed by atoms with Gasteiger partial charge in [-0.05, 0) is 6.42 Å². The monoisotopic (exact) mass is 290 g/mol. The van der Waals surface area contributed by atoms with Crippen LogP contribution < -0.4 is 30.4 Å². The molecule has 0 N–H and O–H groups in total. The standard InChI is InChI=1S/C5H7IO6/c7-4-2-1-3-5(8)12-6(9,10)11/h4H,1-3H2. The smallest absolute Gasteiger partial charge is 0.303 e. The zero-order valence-corrected chi connectivity index (χ0v) is 8.18. The molecule has 0 aromatic heterocycles. The maximum absolute atomic E-state index is 10.4. The molecule has 0 fully saturated rings. The van der Waals surface area contributed by atoms with Crippen molar-refractivity contribution >= 4 is 12.3 Å². The lowest BCUT2D eigenvalue weighted by Crippen LogP contribution is -4.24. The maximum atomic E-state index is 10.4. The highest BCUT2D eigenvalue weighted by atomic mass is 127. The Labute approximate surface area is 74.9 Å². The zero-order chi connectivity index (χ0) is 9.61. The van der Waals surface area contributed by atoms with Crippen LogP contribution in [0.1, 0.15) is 19.3 Å². The first-order chi connectivity index (χ1) is 5.45. The van der Waals surface area contributed by atoms with Crippen LogP contribution in [0.2, 0.25) is 0 Å². The summed E-state index contributed by atoms with van der Waals surface area (Å²) in [5.74, 6) is -1.09. The van der Waals surface area contributed by atoms with Crippen molar-refractivity contribution in [2.45, 2.75) is 19.3 Å². The van der Waals surface area contributed by atoms with E-state index in [0.717, 1.165) is 0 Å². The van der Waals surface area contributed by atoms with Crippen LogP contribution in [-0.2, 0) is 12.7 Å². The fraction of sp³-hybridized carbons (Fsp3) is 0.600. The summed E-state index contributed by atoms with van der Waals surface area (Å²) in [6, 6.07) is 0. The van der Waals surface area contributed by atoms with Gasteiger partial charge in [0.25, 0.3) is 0 Å². The Morgan fingerprint density at radius 3 is 2.42 bits per heavy atom.